The lowest BCUT2D eigenvalue weighted by Gasteiger charge is -2.42. The van der Waals surface area contributed by atoms with E-state index in [2.05, 4.69) is 0 Å². The van der Waals surface area contributed by atoms with Crippen LogP contribution in [0.1, 0.15) is 18.1 Å². The van der Waals surface area contributed by atoms with Crippen LogP contribution in [0, 0.1) is 0 Å². The van der Waals surface area contributed by atoms with E-state index in [0.717, 1.165) is 19.1 Å². The molecule has 0 unspecified atom stereocenters. The molecule has 2 aromatic carbocycles. The van der Waals surface area contributed by atoms with Crippen molar-refractivity contribution in [3.63, 3.8) is 0 Å². The summed E-state index contributed by atoms with van der Waals surface area (Å²) in [6, 6.07) is 12.9. The predicted octanol–water partition coefficient (Wildman–Crippen LogP) is 8.29. The Morgan fingerprint density at radius 2 is 1.05 bits per heavy atom. The minimum Gasteiger partial charge on any atom is -0.366 e. The van der Waals surface area contributed by atoms with Gasteiger partial charge in [0.15, 0.2) is 0 Å². The molecular weight excluding hydrogens is 537 g/mol. The van der Waals surface area contributed by atoms with Crippen LogP contribution in [-0.4, -0.2) is 47.2 Å². The van der Waals surface area contributed by atoms with Crippen molar-refractivity contribution >= 4 is 6.08 Å². The molecular formula is C23H18F13N. The van der Waals surface area contributed by atoms with E-state index in [1.165, 1.54) is 48.5 Å². The Labute approximate surface area is 202 Å². The lowest BCUT2D eigenvalue weighted by molar-refractivity contribution is -0.437. The smallest absolute Gasteiger partial charge is 0.366 e. The van der Waals surface area contributed by atoms with E-state index in [1.807, 2.05) is 0 Å². The van der Waals surface area contributed by atoms with Gasteiger partial charge in [-0.25, -0.2) is 0 Å². The first-order valence-electron chi connectivity index (χ1n) is 10.3. The molecule has 0 atom stereocenters. The van der Waals surface area contributed by atoms with Crippen LogP contribution in [0.25, 0.3) is 6.08 Å². The number of alkyl halides is 13. The molecule has 0 N–H and O–H groups in total. The fourth-order valence-corrected chi connectivity index (χ4v) is 3.19. The fourth-order valence-electron chi connectivity index (χ4n) is 3.19. The van der Waals surface area contributed by atoms with Crippen molar-refractivity contribution in [1.29, 1.82) is 0 Å². The van der Waals surface area contributed by atoms with E-state index in [-0.39, 0.29) is 17.2 Å². The zero-order valence-electron chi connectivity index (χ0n) is 18.6. The molecule has 0 saturated heterocycles. The van der Waals surface area contributed by atoms with Gasteiger partial charge in [-0.1, -0.05) is 60.7 Å². The van der Waals surface area contributed by atoms with Gasteiger partial charge < -0.3 is 4.90 Å². The van der Waals surface area contributed by atoms with E-state index >= 15 is 8.78 Å². The summed E-state index contributed by atoms with van der Waals surface area (Å²) >= 11 is 0. The maximum Gasteiger partial charge on any atom is 0.460 e. The molecule has 0 radical (unpaired) electrons. The van der Waals surface area contributed by atoms with Gasteiger partial charge in [0.05, 0.1) is 5.70 Å². The van der Waals surface area contributed by atoms with Crippen molar-refractivity contribution in [3.8, 4) is 0 Å². The summed E-state index contributed by atoms with van der Waals surface area (Å²) in [5.74, 6) is -37.4. The molecule has 0 spiro atoms. The maximum absolute atomic E-state index is 15.2. The molecule has 14 heteroatoms. The van der Waals surface area contributed by atoms with Crippen LogP contribution < -0.4 is 0 Å². The van der Waals surface area contributed by atoms with Gasteiger partial charge in [-0.15, -0.1) is 0 Å². The summed E-state index contributed by atoms with van der Waals surface area (Å²) in [6.45, 7) is -0.164. The molecule has 0 aliphatic carbocycles. The predicted molar refractivity (Wildman–Crippen MR) is 108 cm³/mol. The van der Waals surface area contributed by atoms with Crippen molar-refractivity contribution < 1.29 is 57.1 Å². The van der Waals surface area contributed by atoms with Gasteiger partial charge >= 0.3 is 35.8 Å². The van der Waals surface area contributed by atoms with Crippen LogP contribution in [0.4, 0.5) is 57.1 Å². The highest BCUT2D eigenvalue weighted by Crippen LogP contribution is 2.61. The van der Waals surface area contributed by atoms with Crippen LogP contribution in [0.5, 0.6) is 0 Å². The molecule has 0 aliphatic heterocycles. The number of hydrogen-bond acceptors (Lipinski definition) is 1. The van der Waals surface area contributed by atoms with Crippen molar-refractivity contribution in [3.05, 3.63) is 77.5 Å². The summed E-state index contributed by atoms with van der Waals surface area (Å²) in [7, 11) is 0. The van der Waals surface area contributed by atoms with Gasteiger partial charge in [-0.2, -0.15) is 57.1 Å². The second-order valence-corrected chi connectivity index (χ2v) is 7.81. The highest BCUT2D eigenvalue weighted by molar-refractivity contribution is 5.55. The summed E-state index contributed by atoms with van der Waals surface area (Å²) in [5.41, 5.74) is -2.15. The second kappa shape index (κ2) is 10.1. The first kappa shape index (κ1) is 30.3. The van der Waals surface area contributed by atoms with Crippen molar-refractivity contribution in [1.82, 2.24) is 4.90 Å². The zero-order chi connectivity index (χ0) is 28.5. The second-order valence-electron chi connectivity index (χ2n) is 7.81. The standard InChI is InChI=1S/C23H18F13N/c1-2-37(14-16-11-7-4-8-12-16)17(13-15-9-5-3-6-10-15)18(24,25)19(26,27)20(28,29)21(30,31)22(32,33)23(34,35)36/h3-13H,2,14H2,1H3/b17-13-. The van der Waals surface area contributed by atoms with Gasteiger partial charge in [0, 0.05) is 13.1 Å². The first-order valence-corrected chi connectivity index (χ1v) is 10.3. The number of hydrogen-bond donors (Lipinski definition) is 0. The Morgan fingerprint density at radius 1 is 0.622 bits per heavy atom. The van der Waals surface area contributed by atoms with Crippen molar-refractivity contribution in [2.75, 3.05) is 6.54 Å². The van der Waals surface area contributed by atoms with E-state index < -0.39 is 54.6 Å². The van der Waals surface area contributed by atoms with Gasteiger partial charge in [0.25, 0.3) is 0 Å². The average molecular weight is 555 g/mol. The normalized spacial score (nSPS) is 14.6. The third kappa shape index (κ3) is 5.24. The molecule has 2 rings (SSSR count). The third-order valence-corrected chi connectivity index (χ3v) is 5.30. The van der Waals surface area contributed by atoms with Crippen molar-refractivity contribution in [2.45, 2.75) is 49.3 Å². The highest BCUT2D eigenvalue weighted by atomic mass is 19.4. The molecule has 0 aromatic heterocycles. The van der Waals surface area contributed by atoms with Crippen LogP contribution in [0.3, 0.4) is 0 Å². The van der Waals surface area contributed by atoms with E-state index in [9.17, 15) is 48.3 Å². The summed E-state index contributed by atoms with van der Waals surface area (Å²) in [4.78, 5) is 0.381. The van der Waals surface area contributed by atoms with Gasteiger partial charge in [0.1, 0.15) is 0 Å². The van der Waals surface area contributed by atoms with Crippen LogP contribution in [0.2, 0.25) is 0 Å². The summed E-state index contributed by atoms with van der Waals surface area (Å²) < 4.78 is 179. The molecule has 0 saturated carbocycles. The van der Waals surface area contributed by atoms with Crippen LogP contribution >= 0.6 is 0 Å². The monoisotopic (exact) mass is 555 g/mol. The number of halogens is 13. The van der Waals surface area contributed by atoms with E-state index in [0.29, 0.717) is 4.90 Å². The minimum atomic E-state index is -7.96. The quantitative estimate of drug-likeness (QED) is 0.267. The molecule has 37 heavy (non-hydrogen) atoms. The molecule has 1 nitrogen and oxygen atoms in total. The topological polar surface area (TPSA) is 3.24 Å². The molecule has 206 valence electrons. The lowest BCUT2D eigenvalue weighted by Crippen LogP contribution is -2.70. The molecule has 0 bridgehead atoms. The number of nitrogens with zero attached hydrogens (tertiary/aromatic N) is 1. The Bertz CT molecular complexity index is 1060. The lowest BCUT2D eigenvalue weighted by atomic mass is 9.91. The largest absolute Gasteiger partial charge is 0.460 e. The molecule has 0 aliphatic rings. The highest BCUT2D eigenvalue weighted by Gasteiger charge is 2.91. The summed E-state index contributed by atoms with van der Waals surface area (Å²) in [6.07, 6.45) is -7.23. The van der Waals surface area contributed by atoms with Gasteiger partial charge in [0.2, 0.25) is 0 Å². The SMILES string of the molecule is CCN(Cc1ccccc1)/C(=C\c1ccccc1)C(F)(F)C(F)(F)C(F)(F)C(F)(F)C(F)(F)C(F)(F)F. The number of allylic oxidation sites excluding steroid dienone is 1. The Morgan fingerprint density at radius 3 is 1.49 bits per heavy atom. The van der Waals surface area contributed by atoms with Crippen LogP contribution in [0.15, 0.2) is 66.4 Å². The van der Waals surface area contributed by atoms with E-state index in [4.69, 9.17) is 0 Å². The van der Waals surface area contributed by atoms with Gasteiger partial charge in [-0.05, 0) is 24.1 Å². The minimum absolute atomic E-state index is 0.170. The summed E-state index contributed by atoms with van der Waals surface area (Å²) in [5, 5.41) is 0. The molecule has 2 aromatic rings. The Balaban J connectivity index is 2.73. The number of rotatable bonds is 10. The van der Waals surface area contributed by atoms with Crippen molar-refractivity contribution in [2.24, 2.45) is 0 Å². The Hall–Kier alpha value is -2.93. The fraction of sp³-hybridized carbons (Fsp3) is 0.391. The maximum atomic E-state index is 15.2. The molecule has 0 fully saturated rings. The van der Waals surface area contributed by atoms with Gasteiger partial charge in [-0.3, -0.25) is 0 Å². The zero-order valence-corrected chi connectivity index (χ0v) is 18.6. The first-order chi connectivity index (χ1) is 16.8. The molecule has 0 heterocycles. The third-order valence-electron chi connectivity index (χ3n) is 5.30. The van der Waals surface area contributed by atoms with E-state index in [1.54, 1.807) is 0 Å². The average Bonchev–Trinajstić information content (AvgIpc) is 2.81. The Kier molecular flexibility index (Phi) is 8.26. The molecule has 0 amide bonds. The van der Waals surface area contributed by atoms with Crippen LogP contribution in [-0.2, 0) is 6.54 Å². The number of benzene rings is 2.